The van der Waals surface area contributed by atoms with Gasteiger partial charge in [-0.2, -0.15) is 0 Å². The van der Waals surface area contributed by atoms with Crippen molar-refractivity contribution in [2.24, 2.45) is 0 Å². The second-order valence-corrected chi connectivity index (χ2v) is 6.03. The van der Waals surface area contributed by atoms with Gasteiger partial charge in [-0.1, -0.05) is 0 Å². The molecule has 30 heavy (non-hydrogen) atoms. The summed E-state index contributed by atoms with van der Waals surface area (Å²) in [5, 5.41) is 2.52. The lowest BCUT2D eigenvalue weighted by atomic mass is 10.2. The number of carbonyl (C=O) groups excluding carboxylic acids is 3. The van der Waals surface area contributed by atoms with Crippen LogP contribution in [0.15, 0.2) is 48.5 Å². The zero-order valence-electron chi connectivity index (χ0n) is 17.1. The first-order valence-electron chi connectivity index (χ1n) is 9.46. The first-order valence-corrected chi connectivity index (χ1v) is 9.46. The molecule has 2 rings (SSSR count). The SMILES string of the molecule is CCOC(=O)Nc1ccc(C(=O)NNC(=O)[C@H](C)Oc2ccc(OCC)cc2)cc1. The number of hydrazine groups is 1. The molecule has 2 aromatic rings. The third-order valence-corrected chi connectivity index (χ3v) is 3.78. The summed E-state index contributed by atoms with van der Waals surface area (Å²) in [5.41, 5.74) is 5.41. The van der Waals surface area contributed by atoms with E-state index in [1.807, 2.05) is 6.92 Å². The maximum atomic E-state index is 12.2. The summed E-state index contributed by atoms with van der Waals surface area (Å²) in [6.07, 6.45) is -1.41. The number of hydrogen-bond donors (Lipinski definition) is 3. The van der Waals surface area contributed by atoms with Gasteiger partial charge in [-0.3, -0.25) is 25.8 Å². The lowest BCUT2D eigenvalue weighted by Crippen LogP contribution is -2.47. The van der Waals surface area contributed by atoms with Crippen molar-refractivity contribution >= 4 is 23.6 Å². The normalized spacial score (nSPS) is 11.0. The van der Waals surface area contributed by atoms with E-state index in [0.717, 1.165) is 0 Å². The largest absolute Gasteiger partial charge is 0.494 e. The van der Waals surface area contributed by atoms with Crippen LogP contribution in [-0.2, 0) is 9.53 Å². The van der Waals surface area contributed by atoms with Crippen molar-refractivity contribution in [1.29, 1.82) is 0 Å². The predicted octanol–water partition coefficient (Wildman–Crippen LogP) is 2.88. The number of anilines is 1. The van der Waals surface area contributed by atoms with Gasteiger partial charge in [0.15, 0.2) is 6.10 Å². The standard InChI is InChI=1S/C21H25N3O6/c1-4-28-17-10-12-18(13-11-17)30-14(3)19(25)23-24-20(26)15-6-8-16(9-7-15)22-21(27)29-5-2/h6-14H,4-5H2,1-3H3,(H,22,27)(H,23,25)(H,24,26)/t14-/m0/s1. The third kappa shape index (κ3) is 7.01. The minimum Gasteiger partial charge on any atom is -0.494 e. The van der Waals surface area contributed by atoms with Crippen molar-refractivity contribution in [3.05, 3.63) is 54.1 Å². The van der Waals surface area contributed by atoms with Crippen molar-refractivity contribution in [3.63, 3.8) is 0 Å². The Morgan fingerprint density at radius 1 is 0.867 bits per heavy atom. The average Bonchev–Trinajstić information content (AvgIpc) is 2.74. The Morgan fingerprint density at radius 3 is 2.10 bits per heavy atom. The summed E-state index contributed by atoms with van der Waals surface area (Å²) >= 11 is 0. The van der Waals surface area contributed by atoms with Gasteiger partial charge in [-0.15, -0.1) is 0 Å². The van der Waals surface area contributed by atoms with Crippen LogP contribution < -0.4 is 25.6 Å². The van der Waals surface area contributed by atoms with Crippen LogP contribution in [0.3, 0.4) is 0 Å². The van der Waals surface area contributed by atoms with E-state index in [9.17, 15) is 14.4 Å². The van der Waals surface area contributed by atoms with Gasteiger partial charge >= 0.3 is 6.09 Å². The van der Waals surface area contributed by atoms with Crippen molar-refractivity contribution in [1.82, 2.24) is 10.9 Å². The molecule has 0 saturated heterocycles. The van der Waals surface area contributed by atoms with E-state index in [4.69, 9.17) is 14.2 Å². The van der Waals surface area contributed by atoms with Gasteiger partial charge in [0.25, 0.3) is 11.8 Å². The molecule has 0 aliphatic rings. The second kappa shape index (κ2) is 11.3. The smallest absolute Gasteiger partial charge is 0.411 e. The first kappa shape index (κ1) is 22.5. The fraction of sp³-hybridized carbons (Fsp3) is 0.286. The van der Waals surface area contributed by atoms with Crippen LogP contribution in [0.2, 0.25) is 0 Å². The summed E-state index contributed by atoms with van der Waals surface area (Å²) in [7, 11) is 0. The van der Waals surface area contributed by atoms with Crippen molar-refractivity contribution < 1.29 is 28.6 Å². The van der Waals surface area contributed by atoms with Gasteiger partial charge < -0.3 is 14.2 Å². The number of hydrogen-bond acceptors (Lipinski definition) is 6. The second-order valence-electron chi connectivity index (χ2n) is 6.03. The number of amides is 3. The zero-order valence-corrected chi connectivity index (χ0v) is 17.1. The number of ether oxygens (including phenoxy) is 3. The molecule has 0 bridgehead atoms. The highest BCUT2D eigenvalue weighted by Gasteiger charge is 2.16. The molecule has 0 aromatic heterocycles. The Kier molecular flexibility index (Phi) is 8.49. The van der Waals surface area contributed by atoms with Crippen LogP contribution >= 0.6 is 0 Å². The highest BCUT2D eigenvalue weighted by atomic mass is 16.5. The fourth-order valence-electron chi connectivity index (χ4n) is 2.32. The molecular weight excluding hydrogens is 390 g/mol. The van der Waals surface area contributed by atoms with Crippen LogP contribution in [-0.4, -0.2) is 37.2 Å². The van der Waals surface area contributed by atoms with Gasteiger partial charge in [-0.25, -0.2) is 4.79 Å². The monoisotopic (exact) mass is 415 g/mol. The molecular formula is C21H25N3O6. The number of rotatable bonds is 8. The molecule has 160 valence electrons. The Hall–Kier alpha value is -3.75. The van der Waals surface area contributed by atoms with Crippen molar-refractivity contribution in [2.75, 3.05) is 18.5 Å². The minimum atomic E-state index is -0.834. The van der Waals surface area contributed by atoms with E-state index in [0.29, 0.717) is 29.4 Å². The van der Waals surface area contributed by atoms with E-state index in [1.165, 1.54) is 12.1 Å². The summed E-state index contributed by atoms with van der Waals surface area (Å²) in [6.45, 7) is 5.97. The Balaban J connectivity index is 1.81. The van der Waals surface area contributed by atoms with Gasteiger partial charge in [-0.05, 0) is 69.3 Å². The van der Waals surface area contributed by atoms with E-state index in [-0.39, 0.29) is 6.61 Å². The van der Waals surface area contributed by atoms with Gasteiger partial charge in [0.05, 0.1) is 13.2 Å². The summed E-state index contributed by atoms with van der Waals surface area (Å²) in [5.74, 6) is 0.173. The molecule has 0 heterocycles. The van der Waals surface area contributed by atoms with E-state index >= 15 is 0 Å². The molecule has 0 radical (unpaired) electrons. The van der Waals surface area contributed by atoms with Crippen LogP contribution in [0.25, 0.3) is 0 Å². The Morgan fingerprint density at radius 2 is 1.50 bits per heavy atom. The molecule has 0 saturated carbocycles. The van der Waals surface area contributed by atoms with Gasteiger partial charge in [0.2, 0.25) is 0 Å². The molecule has 2 aromatic carbocycles. The molecule has 0 aliphatic carbocycles. The molecule has 0 aliphatic heterocycles. The lowest BCUT2D eigenvalue weighted by Gasteiger charge is -2.15. The van der Waals surface area contributed by atoms with Crippen molar-refractivity contribution in [2.45, 2.75) is 26.9 Å². The summed E-state index contributed by atoms with van der Waals surface area (Å²) < 4.78 is 15.7. The number of carbonyl (C=O) groups is 3. The highest BCUT2D eigenvalue weighted by molar-refractivity contribution is 5.96. The minimum absolute atomic E-state index is 0.257. The molecule has 3 N–H and O–H groups in total. The molecule has 9 nitrogen and oxygen atoms in total. The maximum absolute atomic E-state index is 12.2. The van der Waals surface area contributed by atoms with Crippen LogP contribution in [0.5, 0.6) is 11.5 Å². The van der Waals surface area contributed by atoms with E-state index < -0.39 is 24.0 Å². The Bertz CT molecular complexity index is 852. The molecule has 1 atom stereocenters. The maximum Gasteiger partial charge on any atom is 0.411 e. The number of benzene rings is 2. The summed E-state index contributed by atoms with van der Waals surface area (Å²) in [4.78, 5) is 35.7. The first-order chi connectivity index (χ1) is 14.4. The topological polar surface area (TPSA) is 115 Å². The quantitative estimate of drug-likeness (QED) is 0.571. The molecule has 0 fully saturated rings. The Labute approximate surface area is 174 Å². The van der Waals surface area contributed by atoms with Crippen molar-refractivity contribution in [3.8, 4) is 11.5 Å². The lowest BCUT2D eigenvalue weighted by molar-refractivity contribution is -0.128. The molecule has 0 spiro atoms. The molecule has 9 heteroatoms. The van der Waals surface area contributed by atoms with E-state index in [2.05, 4.69) is 16.2 Å². The highest BCUT2D eigenvalue weighted by Crippen LogP contribution is 2.18. The molecule has 0 unspecified atom stereocenters. The number of nitrogens with one attached hydrogen (secondary N) is 3. The zero-order chi connectivity index (χ0) is 21.9. The van der Waals surface area contributed by atoms with E-state index in [1.54, 1.807) is 50.2 Å². The van der Waals surface area contributed by atoms with Gasteiger partial charge in [0, 0.05) is 11.3 Å². The average molecular weight is 415 g/mol. The van der Waals surface area contributed by atoms with Gasteiger partial charge in [0.1, 0.15) is 11.5 Å². The predicted molar refractivity (Wildman–Crippen MR) is 110 cm³/mol. The summed E-state index contributed by atoms with van der Waals surface area (Å²) in [6, 6.07) is 13.0. The van der Waals surface area contributed by atoms with Crippen LogP contribution in [0.1, 0.15) is 31.1 Å². The third-order valence-electron chi connectivity index (χ3n) is 3.78. The fourth-order valence-corrected chi connectivity index (χ4v) is 2.32. The van der Waals surface area contributed by atoms with Crippen LogP contribution in [0, 0.1) is 0 Å². The molecule has 3 amide bonds. The van der Waals surface area contributed by atoms with Crippen LogP contribution in [0.4, 0.5) is 10.5 Å².